The summed E-state index contributed by atoms with van der Waals surface area (Å²) in [5.74, 6) is -18.5. The summed E-state index contributed by atoms with van der Waals surface area (Å²) in [5, 5.41) is 72.5. The number of carboxylic acids is 1. The largest absolute Gasteiger partial charge is 0.508 e. The van der Waals surface area contributed by atoms with Crippen molar-refractivity contribution in [1.29, 1.82) is 0 Å². The van der Waals surface area contributed by atoms with Crippen LogP contribution in [0.2, 0.25) is 0 Å². The Morgan fingerprint density at radius 3 is 1.68 bits per heavy atom. The van der Waals surface area contributed by atoms with Crippen molar-refractivity contribution in [2.24, 2.45) is 16.5 Å². The number of aromatic hydroxyl groups is 1. The number of likely N-dealkylation sites (N-methyl/N-ethyl adjacent to an activating group) is 3. The van der Waals surface area contributed by atoms with Crippen LogP contribution in [0.4, 0.5) is 0 Å². The van der Waals surface area contributed by atoms with E-state index in [0.717, 1.165) is 24.5 Å². The molecule has 2 aromatic heterocycles. The number of primary amides is 2. The van der Waals surface area contributed by atoms with Gasteiger partial charge in [-0.25, -0.2) is 0 Å². The molecule has 21 N–H and O–H groups in total. The first-order chi connectivity index (χ1) is 62.4. The summed E-state index contributed by atoms with van der Waals surface area (Å²) in [7, 11) is 3.84. The van der Waals surface area contributed by atoms with Crippen molar-refractivity contribution in [3.05, 3.63) is 114 Å². The number of benzene rings is 3. The monoisotopic (exact) mass is 1820 g/mol. The number of aliphatic carboxylic acids is 1. The number of hydrogen-bond donors (Lipinski definition) is 19. The lowest BCUT2D eigenvalue weighted by molar-refractivity contribution is -0.149. The molecule has 3 aromatic carbocycles. The van der Waals surface area contributed by atoms with Gasteiger partial charge in [-0.15, -0.1) is 0 Å². The number of nitrogens with two attached hydrogens (primary N) is 2. The highest BCUT2D eigenvalue weighted by Gasteiger charge is 2.47. The van der Waals surface area contributed by atoms with Crippen molar-refractivity contribution >= 4 is 134 Å². The van der Waals surface area contributed by atoms with E-state index in [2.05, 4.69) is 73.4 Å². The van der Waals surface area contributed by atoms with Crippen LogP contribution in [0.15, 0.2) is 102 Å². The van der Waals surface area contributed by atoms with Gasteiger partial charge >= 0.3 is 5.97 Å². The second-order valence-electron chi connectivity index (χ2n) is 33.3. The van der Waals surface area contributed by atoms with Crippen LogP contribution in [-0.2, 0) is 106 Å². The van der Waals surface area contributed by atoms with Gasteiger partial charge in [0, 0.05) is 126 Å². The van der Waals surface area contributed by atoms with E-state index in [0.29, 0.717) is 69.8 Å². The summed E-state index contributed by atoms with van der Waals surface area (Å²) in [6, 6.07) is -3.20. The van der Waals surface area contributed by atoms with Crippen LogP contribution in [0.5, 0.6) is 5.75 Å². The SMILES string of the molecule is CCCC[C@H]1C(=O)N(C)[C@@H](CCCC)C(=O)N[C@@H](C)C(=O)N[C@H](C(=O)NCC(N)=O)CNCC(=O)N[C@@H](Cc2ccc(O)cc2)C(=O)N(C)[C@@H](C)C(=O)N[C@@H](CC(=O)O)C(=O)N2CCC[C@H]2C(=O)N[C@@H](CC2=CN=CC2)C(=O)N[C@@H](CCC(N)=O)C(=O)N2C[C@H](O)C[C@H]2C(=O)N[C@@H](Cc2c[nH]c3ccccc23)C(=O)N[C@@H](CO)C(=O)N[C@@H](Cc2c[nH]c3ccccc23)C(=O)N1C. The number of nitrogens with one attached hydrogen (secondary N) is 13. The highest BCUT2D eigenvalue weighted by Crippen LogP contribution is 2.28. The molecule has 4 aliphatic heterocycles. The van der Waals surface area contributed by atoms with Gasteiger partial charge in [-0.1, -0.05) is 88.1 Å². The molecule has 5 aromatic rings. The first-order valence-corrected chi connectivity index (χ1v) is 43.7. The minimum atomic E-state index is -1.93. The van der Waals surface area contributed by atoms with Gasteiger partial charge in [0.15, 0.2) is 0 Å². The minimum Gasteiger partial charge on any atom is -0.508 e. The fraction of sp³-hybridized carbons (Fsp3) is 0.511. The van der Waals surface area contributed by atoms with E-state index in [1.807, 2.05) is 13.8 Å². The van der Waals surface area contributed by atoms with E-state index in [1.165, 1.54) is 71.7 Å². The smallest absolute Gasteiger partial charge is 0.305 e. The maximum absolute atomic E-state index is 15.6. The van der Waals surface area contributed by atoms with Crippen LogP contribution in [0, 0.1) is 0 Å². The van der Waals surface area contributed by atoms with Crippen molar-refractivity contribution in [3.63, 3.8) is 0 Å². The molecule has 0 unspecified atom stereocenters. The van der Waals surface area contributed by atoms with Gasteiger partial charge in [0.05, 0.1) is 32.2 Å². The number of unbranched alkanes of at least 4 members (excludes halogenated alkanes) is 2. The lowest BCUT2D eigenvalue weighted by Crippen LogP contribution is -2.61. The van der Waals surface area contributed by atoms with Crippen LogP contribution in [-0.4, -0.2) is 319 Å². The molecule has 131 heavy (non-hydrogen) atoms. The molecule has 0 spiro atoms. The zero-order valence-electron chi connectivity index (χ0n) is 74.1. The number of rotatable bonds is 23. The van der Waals surface area contributed by atoms with Gasteiger partial charge in [0.1, 0.15) is 90.3 Å². The second kappa shape index (κ2) is 47.6. The molecule has 708 valence electrons. The molecule has 15 atom stereocenters. The first-order valence-electron chi connectivity index (χ1n) is 43.7. The van der Waals surface area contributed by atoms with E-state index in [4.69, 9.17) is 11.5 Å². The number of phenols is 1. The molecular formula is C88H119N21O22. The normalized spacial score (nSPS) is 25.6. The quantitative estimate of drug-likeness (QED) is 0.0299. The standard InChI is InChI=1S/C88H119N21O22/c1-8-10-21-67-81(124)96-47(3)75(118)103-65(77(120)95-43-72(90)114)42-92-44-73(115)97-62(33-49-24-26-53(111)27-25-49)84(127)105(5)48(4)76(119)101-64(38-74(116)117)87(130)108-32-16-23-68(108)82(125)99-60(34-50-30-31-91-39-50)78(121)98-59(28-29-71(89)113)86(129)109-45-54(112)37-70(109)83(126)100-61(35-51-40-93-57-19-14-12-17-55(51)57)79(122)104-66(46-110)80(123)102-63(36-52-41-94-58-20-15-13-18-56(52)58)85(128)107(7)69(22-11-9-2)88(131)106(67)6/h12-15,17-20,24-27,31,39-41,47-48,54,59-70,92-94,110-112H,8-11,16,21-23,28-30,32-38,42-46H2,1-7H3,(H2,89,113)(H2,90,114)(H,95,120)(H,96,124)(H,97,115)(H,98,121)(H,99,125)(H,100,126)(H,101,119)(H,102,123)(H,103,118)(H,104,122)(H,116,117)/t47-,48-,54+,59-,60-,61-,62-,63-,64-,65-,66-,67-,68-,69-,70-/m0/s1. The Morgan fingerprint density at radius 1 is 0.542 bits per heavy atom. The summed E-state index contributed by atoms with van der Waals surface area (Å²) in [6.45, 7) is 2.27. The van der Waals surface area contributed by atoms with Crippen molar-refractivity contribution in [2.75, 3.05) is 60.5 Å². The number of carboxylic acid groups (broad SMARTS) is 1. The molecule has 3 saturated heterocycles. The Balaban J connectivity index is 1.08. The van der Waals surface area contributed by atoms with Crippen LogP contribution in [0.25, 0.3) is 21.8 Å². The van der Waals surface area contributed by atoms with E-state index in [-0.39, 0.29) is 70.1 Å². The molecule has 43 heteroatoms. The molecule has 0 aliphatic carbocycles. The Labute approximate surface area is 754 Å². The van der Waals surface area contributed by atoms with Gasteiger partial charge in [-0.3, -0.25) is 91.3 Å². The number of phenolic OH excluding ortho intramolecular Hbond substituents is 1. The van der Waals surface area contributed by atoms with E-state index >= 15 is 33.6 Å². The topological polar surface area (TPSA) is 633 Å². The lowest BCUT2D eigenvalue weighted by Gasteiger charge is -2.36. The fourth-order valence-corrected chi connectivity index (χ4v) is 16.2. The number of aliphatic imine (C=N–C) groups is 1. The molecule has 17 amide bonds. The predicted octanol–water partition coefficient (Wildman–Crippen LogP) is -3.71. The lowest BCUT2D eigenvalue weighted by atomic mass is 10.00. The zero-order chi connectivity index (χ0) is 95.6. The number of aromatic amines is 2. The molecule has 3 fully saturated rings. The summed E-state index contributed by atoms with van der Waals surface area (Å²) >= 11 is 0. The summed E-state index contributed by atoms with van der Waals surface area (Å²) < 4.78 is 0. The number of carbonyl (C=O) groups excluding carboxylic acids is 17. The van der Waals surface area contributed by atoms with E-state index in [9.17, 15) is 73.2 Å². The minimum absolute atomic E-state index is 0.00231. The van der Waals surface area contributed by atoms with E-state index in [1.54, 1.807) is 60.9 Å². The summed E-state index contributed by atoms with van der Waals surface area (Å²) in [6.07, 6.45) is 2.72. The van der Waals surface area contributed by atoms with E-state index < -0.39 is 256 Å². The zero-order valence-corrected chi connectivity index (χ0v) is 74.1. The second-order valence-corrected chi connectivity index (χ2v) is 33.3. The van der Waals surface area contributed by atoms with Crippen molar-refractivity contribution < 1.29 is 107 Å². The number of aliphatic hydroxyl groups is 2. The summed E-state index contributed by atoms with van der Waals surface area (Å²) in [4.78, 5) is 275. The third kappa shape index (κ3) is 27.4. The number of para-hydroxylation sites is 2. The first kappa shape index (κ1) is 101. The average molecular weight is 1820 g/mol. The highest BCUT2D eigenvalue weighted by atomic mass is 16.4. The molecule has 9 rings (SSSR count). The maximum atomic E-state index is 15.6. The number of amides is 17. The number of aromatic nitrogens is 2. The number of fused-ring (bicyclic) bond motifs is 4. The van der Waals surface area contributed by atoms with Gasteiger partial charge in [-0.05, 0) is 98.9 Å². The van der Waals surface area contributed by atoms with Crippen LogP contribution >= 0.6 is 0 Å². The van der Waals surface area contributed by atoms with Crippen LogP contribution in [0.3, 0.4) is 0 Å². The number of aliphatic hydroxyl groups excluding tert-OH is 2. The fourth-order valence-electron chi connectivity index (χ4n) is 16.2. The van der Waals surface area contributed by atoms with Crippen molar-refractivity contribution in [1.82, 2.24) is 93.0 Å². The van der Waals surface area contributed by atoms with Crippen molar-refractivity contribution in [3.8, 4) is 5.75 Å². The van der Waals surface area contributed by atoms with Crippen LogP contribution in [0.1, 0.15) is 134 Å². The molecule has 0 bridgehead atoms. The molecule has 6 heterocycles. The Kier molecular flexibility index (Phi) is 36.7. The third-order valence-electron chi connectivity index (χ3n) is 23.7. The van der Waals surface area contributed by atoms with Gasteiger partial charge in [0.2, 0.25) is 100 Å². The predicted molar refractivity (Wildman–Crippen MR) is 473 cm³/mol. The highest BCUT2D eigenvalue weighted by molar-refractivity contribution is 6.03. The van der Waals surface area contributed by atoms with Crippen molar-refractivity contribution in [2.45, 2.75) is 228 Å². The van der Waals surface area contributed by atoms with Gasteiger partial charge in [0.25, 0.3) is 0 Å². The number of carbonyl (C=O) groups is 18. The Morgan fingerprint density at radius 2 is 1.08 bits per heavy atom. The Bertz CT molecular complexity index is 5090. The molecule has 0 radical (unpaired) electrons. The Hall–Kier alpha value is -13.7. The number of hydrogen-bond acceptors (Lipinski definition) is 23. The molecule has 0 saturated carbocycles. The third-order valence-corrected chi connectivity index (χ3v) is 23.7. The average Bonchev–Trinajstić information content (AvgIpc) is 1.62. The molecule has 43 nitrogen and oxygen atoms in total. The molecule has 4 aliphatic rings. The molecular weight excluding hydrogens is 1700 g/mol. The van der Waals surface area contributed by atoms with Gasteiger partial charge < -0.3 is 125 Å². The van der Waals surface area contributed by atoms with Crippen LogP contribution < -0.4 is 70.0 Å². The summed E-state index contributed by atoms with van der Waals surface area (Å²) in [5.41, 5.74) is 14.1. The number of nitrogens with zero attached hydrogens (tertiary/aromatic N) is 6. The number of H-pyrrole nitrogens is 2. The van der Waals surface area contributed by atoms with Gasteiger partial charge in [-0.2, -0.15) is 0 Å². The maximum Gasteiger partial charge on any atom is 0.305 e.